The van der Waals surface area contributed by atoms with Gasteiger partial charge in [-0.25, -0.2) is 0 Å². The van der Waals surface area contributed by atoms with Gasteiger partial charge in [-0.3, -0.25) is 0 Å². The summed E-state index contributed by atoms with van der Waals surface area (Å²) >= 11 is 0. The van der Waals surface area contributed by atoms with Crippen LogP contribution in [0.5, 0.6) is 5.75 Å². The zero-order valence-electron chi connectivity index (χ0n) is 12.9. The number of hydrogen-bond donors (Lipinski definition) is 1. The number of hydrogen-bond acceptors (Lipinski definition) is 3. The molecule has 3 heteroatoms. The summed E-state index contributed by atoms with van der Waals surface area (Å²) in [5.74, 6) is 0.824. The Bertz CT molecular complexity index is 458. The summed E-state index contributed by atoms with van der Waals surface area (Å²) in [5, 5.41) is 9.87. The molecule has 0 bridgehead atoms. The van der Waals surface area contributed by atoms with Crippen LogP contribution in [0.1, 0.15) is 63.5 Å². The minimum atomic E-state index is -0.496. The lowest BCUT2D eigenvalue weighted by Gasteiger charge is -2.43. The van der Waals surface area contributed by atoms with Crippen molar-refractivity contribution < 1.29 is 14.6 Å². The van der Waals surface area contributed by atoms with Gasteiger partial charge in [0.05, 0.1) is 18.3 Å². The molecule has 1 N–H and O–H groups in total. The maximum Gasteiger partial charge on any atom is 0.125 e. The van der Waals surface area contributed by atoms with E-state index in [0.29, 0.717) is 0 Å². The molecular formula is C18H26O3. The molecule has 1 saturated carbocycles. The molecule has 0 amide bonds. The van der Waals surface area contributed by atoms with Crippen LogP contribution in [0.2, 0.25) is 0 Å². The predicted octanol–water partition coefficient (Wildman–Crippen LogP) is 4.00. The number of para-hydroxylation sites is 1. The Balaban J connectivity index is 1.70. The van der Waals surface area contributed by atoms with E-state index in [1.807, 2.05) is 24.3 Å². The van der Waals surface area contributed by atoms with E-state index in [2.05, 4.69) is 0 Å². The van der Waals surface area contributed by atoms with E-state index in [-0.39, 0.29) is 11.7 Å². The molecule has 0 aromatic heterocycles. The summed E-state index contributed by atoms with van der Waals surface area (Å²) < 4.78 is 12.4. The Labute approximate surface area is 127 Å². The molecule has 1 heterocycles. The third kappa shape index (κ3) is 3.41. The van der Waals surface area contributed by atoms with E-state index >= 15 is 0 Å². The highest BCUT2D eigenvalue weighted by molar-refractivity contribution is 5.35. The van der Waals surface area contributed by atoms with Crippen molar-refractivity contribution in [3.63, 3.8) is 0 Å². The Morgan fingerprint density at radius 1 is 1.24 bits per heavy atom. The highest BCUT2D eigenvalue weighted by Gasteiger charge is 2.39. The summed E-state index contributed by atoms with van der Waals surface area (Å²) in [6.45, 7) is 2.58. The van der Waals surface area contributed by atoms with Gasteiger partial charge in [0, 0.05) is 18.4 Å². The van der Waals surface area contributed by atoms with Crippen molar-refractivity contribution in [1.29, 1.82) is 0 Å². The van der Waals surface area contributed by atoms with Crippen molar-refractivity contribution in [3.05, 3.63) is 29.8 Å². The Morgan fingerprint density at radius 3 is 2.76 bits per heavy atom. The van der Waals surface area contributed by atoms with Crippen LogP contribution in [0.15, 0.2) is 24.3 Å². The molecule has 2 atom stereocenters. The fourth-order valence-electron chi connectivity index (χ4n) is 3.74. The molecule has 1 aliphatic heterocycles. The second-order valence-corrected chi connectivity index (χ2v) is 6.54. The van der Waals surface area contributed by atoms with E-state index in [1.54, 1.807) is 6.92 Å². The lowest BCUT2D eigenvalue weighted by Crippen LogP contribution is -2.45. The minimum Gasteiger partial charge on any atom is -0.490 e. The lowest BCUT2D eigenvalue weighted by molar-refractivity contribution is -0.129. The van der Waals surface area contributed by atoms with Gasteiger partial charge in [0.25, 0.3) is 0 Å². The number of aliphatic hydroxyl groups excluding tert-OH is 1. The van der Waals surface area contributed by atoms with Gasteiger partial charge in [-0.05, 0) is 25.8 Å². The molecule has 0 radical (unpaired) electrons. The fraction of sp³-hybridized carbons (Fsp3) is 0.667. The molecule has 1 unspecified atom stereocenters. The molecule has 1 aliphatic carbocycles. The third-order valence-electron chi connectivity index (χ3n) is 4.88. The third-order valence-corrected chi connectivity index (χ3v) is 4.88. The molecule has 2 aliphatic rings. The van der Waals surface area contributed by atoms with E-state index < -0.39 is 6.10 Å². The first-order chi connectivity index (χ1) is 10.2. The molecule has 21 heavy (non-hydrogen) atoms. The monoisotopic (exact) mass is 290 g/mol. The first-order valence-electron chi connectivity index (χ1n) is 8.26. The lowest BCUT2D eigenvalue weighted by atomic mass is 9.79. The van der Waals surface area contributed by atoms with Crippen molar-refractivity contribution in [2.24, 2.45) is 0 Å². The van der Waals surface area contributed by atoms with Crippen LogP contribution in [0.4, 0.5) is 0 Å². The summed E-state index contributed by atoms with van der Waals surface area (Å²) in [6, 6.07) is 7.82. The predicted molar refractivity (Wildman–Crippen MR) is 82.5 cm³/mol. The standard InChI is InChI=1S/C18H26O3/c1-14(19)16-7-3-4-8-17(16)21-15-9-12-20-18(13-15)10-5-2-6-11-18/h3-4,7-8,14-15,19H,2,5-6,9-13H2,1H3/t14-,15?/m1/s1. The van der Waals surface area contributed by atoms with Crippen molar-refractivity contribution in [2.45, 2.75) is 69.7 Å². The smallest absolute Gasteiger partial charge is 0.125 e. The van der Waals surface area contributed by atoms with Gasteiger partial charge in [-0.15, -0.1) is 0 Å². The molecule has 1 aromatic carbocycles. The van der Waals surface area contributed by atoms with Crippen LogP contribution in [0, 0.1) is 0 Å². The molecule has 1 spiro atoms. The van der Waals surface area contributed by atoms with Crippen molar-refractivity contribution in [3.8, 4) is 5.75 Å². The van der Waals surface area contributed by atoms with Crippen molar-refractivity contribution in [2.75, 3.05) is 6.61 Å². The summed E-state index contributed by atoms with van der Waals surface area (Å²) in [5.41, 5.74) is 0.933. The quantitative estimate of drug-likeness (QED) is 0.914. The average molecular weight is 290 g/mol. The molecule has 2 fully saturated rings. The first kappa shape index (κ1) is 14.9. The van der Waals surface area contributed by atoms with E-state index in [9.17, 15) is 5.11 Å². The van der Waals surface area contributed by atoms with Crippen LogP contribution in [-0.4, -0.2) is 23.4 Å². The van der Waals surface area contributed by atoms with Gasteiger partial charge >= 0.3 is 0 Å². The van der Waals surface area contributed by atoms with E-state index in [4.69, 9.17) is 9.47 Å². The van der Waals surface area contributed by atoms with E-state index in [1.165, 1.54) is 32.1 Å². The molecular weight excluding hydrogens is 264 g/mol. The van der Waals surface area contributed by atoms with E-state index in [0.717, 1.165) is 30.8 Å². The Kier molecular flexibility index (Phi) is 4.51. The van der Waals surface area contributed by atoms with Gasteiger partial charge in [0.1, 0.15) is 11.9 Å². The van der Waals surface area contributed by atoms with Gasteiger partial charge in [-0.2, -0.15) is 0 Å². The fourth-order valence-corrected chi connectivity index (χ4v) is 3.74. The van der Waals surface area contributed by atoms with Crippen molar-refractivity contribution >= 4 is 0 Å². The summed E-state index contributed by atoms with van der Waals surface area (Å²) in [6.07, 6.45) is 7.86. The zero-order chi connectivity index (χ0) is 14.7. The molecule has 1 aromatic rings. The summed E-state index contributed by atoms with van der Waals surface area (Å²) in [4.78, 5) is 0. The van der Waals surface area contributed by atoms with Gasteiger partial charge < -0.3 is 14.6 Å². The second-order valence-electron chi connectivity index (χ2n) is 6.54. The molecule has 116 valence electrons. The van der Waals surface area contributed by atoms with Crippen LogP contribution in [0.3, 0.4) is 0 Å². The average Bonchev–Trinajstić information content (AvgIpc) is 2.48. The maximum atomic E-state index is 9.87. The largest absolute Gasteiger partial charge is 0.490 e. The zero-order valence-corrected chi connectivity index (χ0v) is 12.9. The molecule has 3 nitrogen and oxygen atoms in total. The Hall–Kier alpha value is -1.06. The number of benzene rings is 1. The highest BCUT2D eigenvalue weighted by Crippen LogP contribution is 2.40. The van der Waals surface area contributed by atoms with Crippen LogP contribution < -0.4 is 4.74 Å². The first-order valence-corrected chi connectivity index (χ1v) is 8.26. The summed E-state index contributed by atoms with van der Waals surface area (Å²) in [7, 11) is 0. The van der Waals surface area contributed by atoms with Gasteiger partial charge in [0.15, 0.2) is 0 Å². The second kappa shape index (κ2) is 6.37. The highest BCUT2D eigenvalue weighted by atomic mass is 16.5. The normalized spacial score (nSPS) is 26.5. The Morgan fingerprint density at radius 2 is 2.00 bits per heavy atom. The van der Waals surface area contributed by atoms with Crippen LogP contribution in [-0.2, 0) is 4.74 Å². The van der Waals surface area contributed by atoms with Crippen LogP contribution in [0.25, 0.3) is 0 Å². The SMILES string of the molecule is C[C@@H](O)c1ccccc1OC1CCOC2(CCCCC2)C1. The minimum absolute atomic E-state index is 0.0565. The van der Waals surface area contributed by atoms with Gasteiger partial charge in [-0.1, -0.05) is 37.5 Å². The number of rotatable bonds is 3. The number of ether oxygens (including phenoxy) is 2. The number of aliphatic hydroxyl groups is 1. The maximum absolute atomic E-state index is 9.87. The van der Waals surface area contributed by atoms with Gasteiger partial charge in [0.2, 0.25) is 0 Å². The topological polar surface area (TPSA) is 38.7 Å². The van der Waals surface area contributed by atoms with Crippen LogP contribution >= 0.6 is 0 Å². The molecule has 3 rings (SSSR count). The van der Waals surface area contributed by atoms with Crippen molar-refractivity contribution in [1.82, 2.24) is 0 Å². The molecule has 1 saturated heterocycles.